The molecule has 90 valence electrons. The molecule has 1 aliphatic heterocycles. The molecule has 0 radical (unpaired) electrons. The van der Waals surface area contributed by atoms with Crippen LogP contribution in [0.5, 0.6) is 0 Å². The predicted molar refractivity (Wildman–Crippen MR) is 64.3 cm³/mol. The largest absolute Gasteiger partial charge is 0.388 e. The first-order valence-corrected chi connectivity index (χ1v) is 6.35. The van der Waals surface area contributed by atoms with E-state index < -0.39 is 5.60 Å². The fourth-order valence-corrected chi connectivity index (χ4v) is 2.89. The van der Waals surface area contributed by atoms with Gasteiger partial charge in [-0.2, -0.15) is 0 Å². The van der Waals surface area contributed by atoms with E-state index in [1.807, 2.05) is 13.8 Å². The fourth-order valence-electron chi connectivity index (χ4n) is 2.14. The summed E-state index contributed by atoms with van der Waals surface area (Å²) in [4.78, 5) is 2.25. The standard InChI is InChI=1S/C11H19N3OS/c1-8-12-13-9(16-8)5-14-6-10(2,3)11(4,15)7-14/h15H,5-7H2,1-4H3/t11-/m1/s1. The Labute approximate surface area is 100 Å². The first-order chi connectivity index (χ1) is 7.30. The van der Waals surface area contributed by atoms with Crippen LogP contribution in [-0.2, 0) is 6.54 Å². The molecular weight excluding hydrogens is 222 g/mol. The molecule has 16 heavy (non-hydrogen) atoms. The van der Waals surface area contributed by atoms with Gasteiger partial charge in [-0.05, 0) is 13.8 Å². The highest BCUT2D eigenvalue weighted by molar-refractivity contribution is 7.11. The summed E-state index contributed by atoms with van der Waals surface area (Å²) in [7, 11) is 0. The van der Waals surface area contributed by atoms with E-state index in [1.165, 1.54) is 0 Å². The molecule has 1 N–H and O–H groups in total. The number of likely N-dealkylation sites (tertiary alicyclic amines) is 1. The van der Waals surface area contributed by atoms with Gasteiger partial charge in [0.25, 0.3) is 0 Å². The first-order valence-electron chi connectivity index (χ1n) is 5.54. The number of rotatable bonds is 2. The molecule has 1 atom stereocenters. The van der Waals surface area contributed by atoms with Crippen LogP contribution >= 0.6 is 11.3 Å². The molecule has 1 fully saturated rings. The molecule has 0 spiro atoms. The average Bonchev–Trinajstić information content (AvgIpc) is 2.56. The highest BCUT2D eigenvalue weighted by atomic mass is 32.1. The maximum atomic E-state index is 10.3. The van der Waals surface area contributed by atoms with Crippen LogP contribution in [0.25, 0.3) is 0 Å². The number of β-amino-alcohol motifs (C(OH)–C–C–N with tert-alkyl or cyclic N) is 1. The molecule has 0 saturated carbocycles. The second-order valence-corrected chi connectivity index (χ2v) is 6.78. The van der Waals surface area contributed by atoms with Gasteiger partial charge in [0, 0.05) is 18.5 Å². The van der Waals surface area contributed by atoms with Crippen molar-refractivity contribution in [1.29, 1.82) is 0 Å². The van der Waals surface area contributed by atoms with Crippen LogP contribution in [0.4, 0.5) is 0 Å². The molecule has 1 saturated heterocycles. The summed E-state index contributed by atoms with van der Waals surface area (Å²) in [6, 6.07) is 0. The topological polar surface area (TPSA) is 49.2 Å². The van der Waals surface area contributed by atoms with E-state index in [2.05, 4.69) is 28.9 Å². The zero-order valence-corrected chi connectivity index (χ0v) is 11.1. The van der Waals surface area contributed by atoms with Gasteiger partial charge in [0.15, 0.2) is 0 Å². The summed E-state index contributed by atoms with van der Waals surface area (Å²) >= 11 is 1.63. The molecule has 2 rings (SSSR count). The molecule has 0 aliphatic carbocycles. The summed E-state index contributed by atoms with van der Waals surface area (Å²) in [5.74, 6) is 0. The van der Waals surface area contributed by atoms with Gasteiger partial charge in [-0.25, -0.2) is 0 Å². The zero-order valence-electron chi connectivity index (χ0n) is 10.3. The molecule has 1 aromatic heterocycles. The van der Waals surface area contributed by atoms with Gasteiger partial charge >= 0.3 is 0 Å². The quantitative estimate of drug-likeness (QED) is 0.851. The maximum absolute atomic E-state index is 10.3. The van der Waals surface area contributed by atoms with Crippen molar-refractivity contribution >= 4 is 11.3 Å². The molecule has 5 heteroatoms. The lowest BCUT2D eigenvalue weighted by molar-refractivity contribution is -0.0111. The van der Waals surface area contributed by atoms with Crippen molar-refractivity contribution in [3.63, 3.8) is 0 Å². The molecule has 0 amide bonds. The Morgan fingerprint density at radius 3 is 2.44 bits per heavy atom. The number of aromatic nitrogens is 2. The third kappa shape index (κ3) is 2.12. The van der Waals surface area contributed by atoms with E-state index in [-0.39, 0.29) is 5.41 Å². The molecule has 1 aliphatic rings. The van der Waals surface area contributed by atoms with E-state index >= 15 is 0 Å². The Bertz CT molecular complexity index is 370. The third-order valence-corrected chi connectivity index (χ3v) is 4.36. The zero-order chi connectivity index (χ0) is 12.0. The van der Waals surface area contributed by atoms with E-state index in [4.69, 9.17) is 0 Å². The van der Waals surface area contributed by atoms with Crippen LogP contribution in [0.3, 0.4) is 0 Å². The summed E-state index contributed by atoms with van der Waals surface area (Å²) < 4.78 is 0. The van der Waals surface area contributed by atoms with E-state index in [0.29, 0.717) is 6.54 Å². The Morgan fingerprint density at radius 2 is 2.00 bits per heavy atom. The van der Waals surface area contributed by atoms with Crippen LogP contribution in [0.2, 0.25) is 0 Å². The van der Waals surface area contributed by atoms with E-state index in [0.717, 1.165) is 23.1 Å². The van der Waals surface area contributed by atoms with Gasteiger partial charge in [-0.3, -0.25) is 4.90 Å². The van der Waals surface area contributed by atoms with Crippen LogP contribution in [-0.4, -0.2) is 38.9 Å². The first kappa shape index (κ1) is 12.0. The molecule has 0 aromatic carbocycles. The van der Waals surface area contributed by atoms with Gasteiger partial charge in [0.2, 0.25) is 0 Å². The monoisotopic (exact) mass is 241 g/mol. The number of hydrogen-bond acceptors (Lipinski definition) is 5. The summed E-state index contributed by atoms with van der Waals surface area (Å²) in [6.07, 6.45) is 0. The minimum atomic E-state index is -0.618. The highest BCUT2D eigenvalue weighted by Crippen LogP contribution is 2.38. The van der Waals surface area contributed by atoms with E-state index in [1.54, 1.807) is 11.3 Å². The normalized spacial score (nSPS) is 29.8. The number of aryl methyl sites for hydroxylation is 1. The van der Waals surface area contributed by atoms with Crippen molar-refractivity contribution in [2.45, 2.75) is 39.8 Å². The molecule has 1 aromatic rings. The molecular formula is C11H19N3OS. The molecule has 2 heterocycles. The summed E-state index contributed by atoms with van der Waals surface area (Å²) in [6.45, 7) is 10.5. The smallest absolute Gasteiger partial charge is 0.131 e. The number of aliphatic hydroxyl groups is 1. The van der Waals surface area contributed by atoms with Crippen LogP contribution in [0.1, 0.15) is 30.8 Å². The Kier molecular flexibility index (Phi) is 2.80. The fraction of sp³-hybridized carbons (Fsp3) is 0.818. The Balaban J connectivity index is 2.04. The number of hydrogen-bond donors (Lipinski definition) is 1. The van der Waals surface area contributed by atoms with Crippen molar-refractivity contribution in [2.75, 3.05) is 13.1 Å². The van der Waals surface area contributed by atoms with Crippen LogP contribution in [0, 0.1) is 12.3 Å². The van der Waals surface area contributed by atoms with Crippen LogP contribution in [0.15, 0.2) is 0 Å². The van der Waals surface area contributed by atoms with Gasteiger partial charge < -0.3 is 5.11 Å². The Hall–Kier alpha value is -0.520. The highest BCUT2D eigenvalue weighted by Gasteiger charge is 2.47. The molecule has 0 unspecified atom stereocenters. The Morgan fingerprint density at radius 1 is 1.31 bits per heavy atom. The van der Waals surface area contributed by atoms with Crippen molar-refractivity contribution in [1.82, 2.24) is 15.1 Å². The lowest BCUT2D eigenvalue weighted by Gasteiger charge is -2.31. The second-order valence-electron chi connectivity index (χ2n) is 5.52. The molecule has 4 nitrogen and oxygen atoms in total. The number of nitrogens with zero attached hydrogens (tertiary/aromatic N) is 3. The maximum Gasteiger partial charge on any atom is 0.131 e. The van der Waals surface area contributed by atoms with Crippen molar-refractivity contribution in [2.24, 2.45) is 5.41 Å². The SMILES string of the molecule is Cc1nnc(CN2CC(C)(C)[C@](C)(O)C2)s1. The lowest BCUT2D eigenvalue weighted by Crippen LogP contribution is -2.40. The van der Waals surface area contributed by atoms with Crippen molar-refractivity contribution < 1.29 is 5.11 Å². The summed E-state index contributed by atoms with van der Waals surface area (Å²) in [5.41, 5.74) is -0.681. The van der Waals surface area contributed by atoms with Crippen molar-refractivity contribution in [3.05, 3.63) is 10.0 Å². The van der Waals surface area contributed by atoms with Gasteiger partial charge in [-0.1, -0.05) is 13.8 Å². The van der Waals surface area contributed by atoms with Crippen LogP contribution < -0.4 is 0 Å². The van der Waals surface area contributed by atoms with Crippen molar-refractivity contribution in [3.8, 4) is 0 Å². The minimum absolute atomic E-state index is 0.0628. The second kappa shape index (κ2) is 3.75. The lowest BCUT2D eigenvalue weighted by atomic mass is 9.79. The average molecular weight is 241 g/mol. The van der Waals surface area contributed by atoms with Gasteiger partial charge in [0.05, 0.1) is 12.1 Å². The predicted octanol–water partition coefficient (Wildman–Crippen LogP) is 1.44. The van der Waals surface area contributed by atoms with Gasteiger partial charge in [0.1, 0.15) is 10.0 Å². The van der Waals surface area contributed by atoms with E-state index in [9.17, 15) is 5.11 Å². The third-order valence-electron chi connectivity index (χ3n) is 3.54. The summed E-state index contributed by atoms with van der Waals surface area (Å²) in [5, 5.41) is 20.5. The van der Waals surface area contributed by atoms with Gasteiger partial charge in [-0.15, -0.1) is 21.5 Å². The minimum Gasteiger partial charge on any atom is -0.388 e. The molecule has 0 bridgehead atoms.